The molecule has 2 unspecified atom stereocenters. The van der Waals surface area contributed by atoms with E-state index in [-0.39, 0.29) is 16.9 Å². The summed E-state index contributed by atoms with van der Waals surface area (Å²) >= 11 is 0. The van der Waals surface area contributed by atoms with Gasteiger partial charge in [-0.25, -0.2) is 4.98 Å². The Balaban J connectivity index is 2.29. The number of hydrogen-bond acceptors (Lipinski definition) is 5. The number of nitro benzene ring substituents is 1. The van der Waals surface area contributed by atoms with E-state index in [0.29, 0.717) is 0 Å². The molecule has 0 fully saturated rings. The van der Waals surface area contributed by atoms with Crippen LogP contribution in [-0.2, 0) is 4.79 Å². The Morgan fingerprint density at radius 3 is 2.62 bits per heavy atom. The number of carboxylic acids is 1. The lowest BCUT2D eigenvalue weighted by Gasteiger charge is -2.17. The first-order valence-corrected chi connectivity index (χ1v) is 7.11. The first-order valence-electron chi connectivity index (χ1n) is 7.11. The van der Waals surface area contributed by atoms with Crippen molar-refractivity contribution < 1.29 is 19.6 Å². The van der Waals surface area contributed by atoms with E-state index in [2.05, 4.69) is 10.3 Å². The number of aromatic nitrogens is 2. The third-order valence-electron chi connectivity index (χ3n) is 3.72. The highest BCUT2D eigenvalue weighted by molar-refractivity contribution is 5.95. The summed E-state index contributed by atoms with van der Waals surface area (Å²) in [5.41, 5.74) is 0.107. The fourth-order valence-corrected chi connectivity index (χ4v) is 2.06. The minimum absolute atomic E-state index is 0.0787. The number of nitrogens with one attached hydrogen (secondary N) is 1. The van der Waals surface area contributed by atoms with Crippen LogP contribution in [0.25, 0.3) is 5.69 Å². The monoisotopic (exact) mass is 332 g/mol. The van der Waals surface area contributed by atoms with Crippen molar-refractivity contribution in [3.63, 3.8) is 0 Å². The Bertz CT molecular complexity index is 772. The molecule has 1 aromatic carbocycles. The summed E-state index contributed by atoms with van der Waals surface area (Å²) in [6.45, 7) is 3.03. The highest BCUT2D eigenvalue weighted by Gasteiger charge is 2.23. The van der Waals surface area contributed by atoms with E-state index in [9.17, 15) is 19.7 Å². The highest BCUT2D eigenvalue weighted by Crippen LogP contribution is 2.24. The number of carboxylic acid groups (broad SMARTS) is 1. The molecule has 2 rings (SSSR count). The van der Waals surface area contributed by atoms with Crippen LogP contribution in [0.5, 0.6) is 0 Å². The van der Waals surface area contributed by atoms with Crippen molar-refractivity contribution >= 4 is 17.6 Å². The summed E-state index contributed by atoms with van der Waals surface area (Å²) in [7, 11) is 0. The number of carbonyl (C=O) groups is 2. The number of carbonyl (C=O) groups excluding carboxylic acids is 1. The van der Waals surface area contributed by atoms with Gasteiger partial charge < -0.3 is 15.0 Å². The Morgan fingerprint density at radius 2 is 2.08 bits per heavy atom. The lowest BCUT2D eigenvalue weighted by Crippen LogP contribution is -2.40. The second kappa shape index (κ2) is 6.90. The SMILES string of the molecule is CC(NC(=O)c1ccc(-n2ccnc2)c([N+](=O)[O-])c1)C(C)C(=O)O. The fraction of sp³-hybridized carbons (Fsp3) is 0.267. The van der Waals surface area contributed by atoms with Crippen LogP contribution in [0.15, 0.2) is 36.9 Å². The molecule has 24 heavy (non-hydrogen) atoms. The predicted molar refractivity (Wildman–Crippen MR) is 83.9 cm³/mol. The van der Waals surface area contributed by atoms with Gasteiger partial charge >= 0.3 is 5.97 Å². The normalized spacial score (nSPS) is 13.1. The number of rotatable bonds is 6. The molecule has 1 heterocycles. The van der Waals surface area contributed by atoms with Gasteiger partial charge in [0.05, 0.1) is 17.2 Å². The summed E-state index contributed by atoms with van der Waals surface area (Å²) in [6, 6.07) is 3.42. The van der Waals surface area contributed by atoms with Crippen molar-refractivity contribution in [1.29, 1.82) is 0 Å². The van der Waals surface area contributed by atoms with Crippen LogP contribution < -0.4 is 5.32 Å². The van der Waals surface area contributed by atoms with Crippen LogP contribution >= 0.6 is 0 Å². The molecule has 2 aromatic rings. The number of benzene rings is 1. The molecule has 0 aliphatic carbocycles. The number of hydrogen-bond donors (Lipinski definition) is 2. The molecule has 1 amide bonds. The first kappa shape index (κ1) is 17.1. The van der Waals surface area contributed by atoms with Crippen molar-refractivity contribution in [2.24, 2.45) is 5.92 Å². The maximum absolute atomic E-state index is 12.2. The molecule has 0 spiro atoms. The molecule has 0 saturated carbocycles. The Morgan fingerprint density at radius 1 is 1.38 bits per heavy atom. The molecule has 0 aliphatic heterocycles. The van der Waals surface area contributed by atoms with Crippen LogP contribution in [0.1, 0.15) is 24.2 Å². The number of imidazole rings is 1. The molecule has 2 N–H and O–H groups in total. The minimum atomic E-state index is -1.04. The molecule has 9 nitrogen and oxygen atoms in total. The fourth-order valence-electron chi connectivity index (χ4n) is 2.06. The van der Waals surface area contributed by atoms with Crippen LogP contribution in [0.4, 0.5) is 5.69 Å². The zero-order valence-corrected chi connectivity index (χ0v) is 13.0. The van der Waals surface area contributed by atoms with Gasteiger partial charge in [0.2, 0.25) is 0 Å². The quantitative estimate of drug-likeness (QED) is 0.611. The Kier molecular flexibility index (Phi) is 4.93. The second-order valence-corrected chi connectivity index (χ2v) is 5.32. The number of nitrogens with zero attached hydrogens (tertiary/aromatic N) is 3. The maximum atomic E-state index is 12.2. The van der Waals surface area contributed by atoms with Gasteiger partial charge in [-0.1, -0.05) is 0 Å². The lowest BCUT2D eigenvalue weighted by atomic mass is 10.0. The third kappa shape index (κ3) is 3.57. The third-order valence-corrected chi connectivity index (χ3v) is 3.72. The van der Waals surface area contributed by atoms with Crippen LogP contribution in [0.2, 0.25) is 0 Å². The number of amides is 1. The lowest BCUT2D eigenvalue weighted by molar-refractivity contribution is -0.384. The van der Waals surface area contributed by atoms with E-state index in [1.165, 1.54) is 36.1 Å². The van der Waals surface area contributed by atoms with Gasteiger partial charge in [0.15, 0.2) is 0 Å². The van der Waals surface area contributed by atoms with Crippen molar-refractivity contribution in [2.75, 3.05) is 0 Å². The molecule has 126 valence electrons. The van der Waals surface area contributed by atoms with Crippen molar-refractivity contribution in [3.8, 4) is 5.69 Å². The summed E-state index contributed by atoms with van der Waals surface area (Å²) < 4.78 is 1.47. The maximum Gasteiger partial charge on any atom is 0.308 e. The van der Waals surface area contributed by atoms with Gasteiger partial charge in [-0.15, -0.1) is 0 Å². The van der Waals surface area contributed by atoms with E-state index < -0.39 is 28.8 Å². The molecule has 9 heteroatoms. The zero-order valence-electron chi connectivity index (χ0n) is 13.0. The largest absolute Gasteiger partial charge is 0.481 e. The average Bonchev–Trinajstić information content (AvgIpc) is 3.07. The number of aliphatic carboxylic acids is 1. The van der Waals surface area contributed by atoms with Crippen molar-refractivity contribution in [3.05, 3.63) is 52.6 Å². The standard InChI is InChI=1S/C15H16N4O5/c1-9(15(21)22)10(2)17-14(20)11-3-4-12(13(7-11)19(23)24)18-6-5-16-8-18/h3-10H,1-2H3,(H,17,20)(H,21,22). The van der Waals surface area contributed by atoms with Crippen LogP contribution in [-0.4, -0.2) is 37.5 Å². The summed E-state index contributed by atoms with van der Waals surface area (Å²) in [4.78, 5) is 37.7. The van der Waals surface area contributed by atoms with E-state index in [0.717, 1.165) is 6.07 Å². The van der Waals surface area contributed by atoms with Crippen molar-refractivity contribution in [1.82, 2.24) is 14.9 Å². The summed E-state index contributed by atoms with van der Waals surface area (Å²) in [5.74, 6) is -2.39. The second-order valence-electron chi connectivity index (χ2n) is 5.32. The predicted octanol–water partition coefficient (Wildman–Crippen LogP) is 1.62. The molecule has 0 bridgehead atoms. The van der Waals surface area contributed by atoms with Gasteiger partial charge in [-0.3, -0.25) is 19.7 Å². The van der Waals surface area contributed by atoms with Gasteiger partial charge in [-0.05, 0) is 26.0 Å². The Labute approximate surface area is 137 Å². The van der Waals surface area contributed by atoms with E-state index in [1.807, 2.05) is 0 Å². The van der Waals surface area contributed by atoms with Crippen LogP contribution in [0, 0.1) is 16.0 Å². The van der Waals surface area contributed by atoms with E-state index in [1.54, 1.807) is 13.1 Å². The topological polar surface area (TPSA) is 127 Å². The zero-order chi connectivity index (χ0) is 17.9. The highest BCUT2D eigenvalue weighted by atomic mass is 16.6. The molecule has 0 saturated heterocycles. The van der Waals surface area contributed by atoms with Gasteiger partial charge in [-0.2, -0.15) is 0 Å². The van der Waals surface area contributed by atoms with Gasteiger partial charge in [0, 0.05) is 30.1 Å². The molecule has 1 aromatic heterocycles. The van der Waals surface area contributed by atoms with E-state index in [4.69, 9.17) is 5.11 Å². The molecule has 0 aliphatic rings. The molecule has 0 radical (unpaired) electrons. The molecule has 2 atom stereocenters. The average molecular weight is 332 g/mol. The molecular formula is C15H16N4O5. The summed E-state index contributed by atoms with van der Waals surface area (Å²) in [5, 5.41) is 22.8. The smallest absolute Gasteiger partial charge is 0.308 e. The van der Waals surface area contributed by atoms with Crippen molar-refractivity contribution in [2.45, 2.75) is 19.9 Å². The first-order chi connectivity index (χ1) is 11.3. The summed E-state index contributed by atoms with van der Waals surface area (Å²) in [6.07, 6.45) is 4.46. The number of nitro groups is 1. The Hall–Kier alpha value is -3.23. The van der Waals surface area contributed by atoms with Crippen LogP contribution in [0.3, 0.4) is 0 Å². The van der Waals surface area contributed by atoms with E-state index >= 15 is 0 Å². The van der Waals surface area contributed by atoms with Gasteiger partial charge in [0.1, 0.15) is 5.69 Å². The minimum Gasteiger partial charge on any atom is -0.481 e. The van der Waals surface area contributed by atoms with Gasteiger partial charge in [0.25, 0.3) is 11.6 Å². The molecular weight excluding hydrogens is 316 g/mol.